The Morgan fingerprint density at radius 3 is 2.58 bits per heavy atom. The monoisotopic (exact) mass is 265 g/mol. The second-order valence-corrected chi connectivity index (χ2v) is 4.82. The molecular formula is C13H23N5O. The number of amides is 1. The van der Waals surface area contributed by atoms with Gasteiger partial charge in [0.25, 0.3) is 0 Å². The molecule has 1 aromatic heterocycles. The van der Waals surface area contributed by atoms with Crippen LogP contribution in [0.3, 0.4) is 0 Å². The molecule has 0 radical (unpaired) electrons. The summed E-state index contributed by atoms with van der Waals surface area (Å²) in [7, 11) is 0. The Morgan fingerprint density at radius 2 is 1.95 bits per heavy atom. The lowest BCUT2D eigenvalue weighted by atomic mass is 10.2. The van der Waals surface area contributed by atoms with E-state index in [4.69, 9.17) is 0 Å². The van der Waals surface area contributed by atoms with E-state index in [1.807, 2.05) is 6.92 Å². The first-order valence-corrected chi connectivity index (χ1v) is 6.63. The molecule has 0 saturated heterocycles. The highest BCUT2D eigenvalue weighted by Gasteiger charge is 2.13. The van der Waals surface area contributed by atoms with Gasteiger partial charge in [0.1, 0.15) is 17.7 Å². The van der Waals surface area contributed by atoms with Crippen molar-refractivity contribution in [2.24, 2.45) is 5.92 Å². The molecule has 19 heavy (non-hydrogen) atoms. The third-order valence-electron chi connectivity index (χ3n) is 2.43. The van der Waals surface area contributed by atoms with E-state index in [0.717, 1.165) is 6.54 Å². The van der Waals surface area contributed by atoms with Gasteiger partial charge >= 0.3 is 0 Å². The predicted octanol–water partition coefficient (Wildman–Crippen LogP) is 1.48. The number of carbonyl (C=O) groups is 1. The molecule has 1 amide bonds. The number of aromatic nitrogens is 2. The van der Waals surface area contributed by atoms with Gasteiger partial charge in [-0.15, -0.1) is 0 Å². The Hall–Kier alpha value is -1.85. The maximum atomic E-state index is 11.8. The molecule has 0 fully saturated rings. The maximum absolute atomic E-state index is 11.8. The summed E-state index contributed by atoms with van der Waals surface area (Å²) in [6.07, 6.45) is 3.26. The molecule has 1 heterocycles. The predicted molar refractivity (Wildman–Crippen MR) is 77.1 cm³/mol. The largest absolute Gasteiger partial charge is 0.369 e. The van der Waals surface area contributed by atoms with Crippen LogP contribution in [0, 0.1) is 5.92 Å². The van der Waals surface area contributed by atoms with Gasteiger partial charge < -0.3 is 16.0 Å². The summed E-state index contributed by atoms with van der Waals surface area (Å²) in [5.41, 5.74) is 0. The molecule has 0 aliphatic heterocycles. The van der Waals surface area contributed by atoms with Crippen molar-refractivity contribution in [2.45, 2.75) is 33.7 Å². The van der Waals surface area contributed by atoms with E-state index in [-0.39, 0.29) is 11.9 Å². The number of hydrogen-bond acceptors (Lipinski definition) is 5. The lowest BCUT2D eigenvalue weighted by molar-refractivity contribution is -0.121. The first-order valence-electron chi connectivity index (χ1n) is 6.63. The van der Waals surface area contributed by atoms with E-state index in [9.17, 15) is 4.79 Å². The van der Waals surface area contributed by atoms with Gasteiger partial charge in [-0.05, 0) is 19.8 Å². The zero-order chi connectivity index (χ0) is 14.3. The van der Waals surface area contributed by atoms with E-state index >= 15 is 0 Å². The minimum Gasteiger partial charge on any atom is -0.369 e. The zero-order valence-corrected chi connectivity index (χ0v) is 12.0. The molecule has 3 N–H and O–H groups in total. The number of anilines is 2. The van der Waals surface area contributed by atoms with Crippen LogP contribution in [0.4, 0.5) is 11.6 Å². The molecule has 0 spiro atoms. The summed E-state index contributed by atoms with van der Waals surface area (Å²) in [5.74, 6) is 1.69. The maximum Gasteiger partial charge on any atom is 0.242 e. The molecule has 0 bridgehead atoms. The number of carbonyl (C=O) groups excluding carboxylic acids is 1. The van der Waals surface area contributed by atoms with Crippen LogP contribution in [-0.2, 0) is 4.79 Å². The lowest BCUT2D eigenvalue weighted by Crippen LogP contribution is -2.39. The van der Waals surface area contributed by atoms with E-state index < -0.39 is 0 Å². The van der Waals surface area contributed by atoms with Gasteiger partial charge in [-0.25, -0.2) is 4.98 Å². The molecule has 0 aliphatic rings. The van der Waals surface area contributed by atoms with Gasteiger partial charge in [-0.2, -0.15) is 0 Å². The van der Waals surface area contributed by atoms with Crippen LogP contribution in [0.25, 0.3) is 0 Å². The number of hydrogen-bond donors (Lipinski definition) is 3. The van der Waals surface area contributed by atoms with Gasteiger partial charge in [0.15, 0.2) is 0 Å². The fourth-order valence-electron chi connectivity index (χ4n) is 1.45. The van der Waals surface area contributed by atoms with Crippen LogP contribution in [0.5, 0.6) is 0 Å². The topological polar surface area (TPSA) is 78.9 Å². The summed E-state index contributed by atoms with van der Waals surface area (Å²) >= 11 is 0. The van der Waals surface area contributed by atoms with Gasteiger partial charge in [-0.3, -0.25) is 9.78 Å². The third kappa shape index (κ3) is 5.54. The molecule has 0 aliphatic carbocycles. The summed E-state index contributed by atoms with van der Waals surface area (Å²) < 4.78 is 0. The van der Waals surface area contributed by atoms with Crippen LogP contribution in [-0.4, -0.2) is 35.0 Å². The highest BCUT2D eigenvalue weighted by Crippen LogP contribution is 2.07. The molecule has 6 nitrogen and oxygen atoms in total. The normalized spacial score (nSPS) is 12.1. The minimum absolute atomic E-state index is 0.0376. The van der Waals surface area contributed by atoms with Gasteiger partial charge in [0.05, 0.1) is 12.4 Å². The van der Waals surface area contributed by atoms with Crippen molar-refractivity contribution in [1.82, 2.24) is 15.3 Å². The standard InChI is InChI=1S/C13H23N5O/c1-5-15-11-7-14-8-12(18-11)17-10(4)13(19)16-6-9(2)3/h7-10H,5-6H2,1-4H3,(H,16,19)(H2,15,17,18). The Bertz CT molecular complexity index is 408. The van der Waals surface area contributed by atoms with Gasteiger partial charge in [-0.1, -0.05) is 13.8 Å². The molecule has 1 aromatic rings. The average molecular weight is 265 g/mol. The minimum atomic E-state index is -0.343. The van der Waals surface area contributed by atoms with Crippen molar-refractivity contribution >= 4 is 17.5 Å². The molecular weight excluding hydrogens is 242 g/mol. The van der Waals surface area contributed by atoms with Crippen molar-refractivity contribution < 1.29 is 4.79 Å². The Balaban J connectivity index is 2.53. The van der Waals surface area contributed by atoms with Crippen LogP contribution in [0.2, 0.25) is 0 Å². The SMILES string of the molecule is CCNc1cncc(NC(C)C(=O)NCC(C)C)n1. The molecule has 0 saturated carbocycles. The van der Waals surface area contributed by atoms with Crippen molar-refractivity contribution in [1.29, 1.82) is 0 Å². The Kier molecular flexibility index (Phi) is 6.05. The fourth-order valence-corrected chi connectivity index (χ4v) is 1.45. The van der Waals surface area contributed by atoms with E-state index in [0.29, 0.717) is 24.1 Å². The number of nitrogens with zero attached hydrogens (tertiary/aromatic N) is 2. The highest BCUT2D eigenvalue weighted by atomic mass is 16.2. The van der Waals surface area contributed by atoms with Gasteiger partial charge in [0, 0.05) is 13.1 Å². The van der Waals surface area contributed by atoms with Crippen molar-refractivity contribution in [3.8, 4) is 0 Å². The number of nitrogens with one attached hydrogen (secondary N) is 3. The molecule has 0 aromatic carbocycles. The quantitative estimate of drug-likeness (QED) is 0.696. The fraction of sp³-hybridized carbons (Fsp3) is 0.615. The number of rotatable bonds is 7. The lowest BCUT2D eigenvalue weighted by Gasteiger charge is -2.15. The van der Waals surface area contributed by atoms with Crippen molar-refractivity contribution in [3.63, 3.8) is 0 Å². The average Bonchev–Trinajstić information content (AvgIpc) is 2.36. The summed E-state index contributed by atoms with van der Waals surface area (Å²) in [6.45, 7) is 9.37. The summed E-state index contributed by atoms with van der Waals surface area (Å²) in [4.78, 5) is 20.2. The molecule has 1 unspecified atom stereocenters. The van der Waals surface area contributed by atoms with Crippen molar-refractivity contribution in [2.75, 3.05) is 23.7 Å². The van der Waals surface area contributed by atoms with Gasteiger partial charge in [0.2, 0.25) is 5.91 Å². The molecule has 1 rings (SSSR count). The van der Waals surface area contributed by atoms with E-state index in [1.54, 1.807) is 19.3 Å². The van der Waals surface area contributed by atoms with Crippen LogP contribution in [0.15, 0.2) is 12.4 Å². The second kappa shape index (κ2) is 7.56. The summed E-state index contributed by atoms with van der Waals surface area (Å²) in [6, 6.07) is -0.343. The zero-order valence-electron chi connectivity index (χ0n) is 12.0. The Morgan fingerprint density at radius 1 is 1.26 bits per heavy atom. The first kappa shape index (κ1) is 15.2. The van der Waals surface area contributed by atoms with E-state index in [1.165, 1.54) is 0 Å². The first-order chi connectivity index (χ1) is 9.02. The van der Waals surface area contributed by atoms with Crippen molar-refractivity contribution in [3.05, 3.63) is 12.4 Å². The summed E-state index contributed by atoms with van der Waals surface area (Å²) in [5, 5.41) is 8.99. The highest BCUT2D eigenvalue weighted by molar-refractivity contribution is 5.83. The van der Waals surface area contributed by atoms with Crippen LogP contribution >= 0.6 is 0 Å². The van der Waals surface area contributed by atoms with Crippen LogP contribution in [0.1, 0.15) is 27.7 Å². The molecule has 1 atom stereocenters. The van der Waals surface area contributed by atoms with E-state index in [2.05, 4.69) is 39.8 Å². The smallest absolute Gasteiger partial charge is 0.242 e. The third-order valence-corrected chi connectivity index (χ3v) is 2.43. The molecule has 6 heteroatoms. The molecule has 106 valence electrons. The van der Waals surface area contributed by atoms with Crippen LogP contribution < -0.4 is 16.0 Å². The Labute approximate surface area is 114 Å². The second-order valence-electron chi connectivity index (χ2n) is 4.82.